The van der Waals surface area contributed by atoms with E-state index in [-0.39, 0.29) is 17.6 Å². The van der Waals surface area contributed by atoms with Gasteiger partial charge in [-0.3, -0.25) is 0 Å². The van der Waals surface area contributed by atoms with E-state index < -0.39 is 0 Å². The molecule has 0 heterocycles. The number of rotatable bonds is 0. The predicted molar refractivity (Wildman–Crippen MR) is 83.7 cm³/mol. The van der Waals surface area contributed by atoms with Gasteiger partial charge in [-0.2, -0.15) is 0 Å². The molecule has 0 aromatic heterocycles. The lowest BCUT2D eigenvalue weighted by Gasteiger charge is -2.58. The molecule has 3 saturated carbocycles. The fraction of sp³-hybridized carbons (Fsp3) is 0.895. The molecule has 21 heavy (non-hydrogen) atoms. The van der Waals surface area contributed by atoms with Crippen molar-refractivity contribution in [3.8, 4) is 0 Å². The molecule has 2 N–H and O–H groups in total. The molecule has 0 amide bonds. The van der Waals surface area contributed by atoms with Gasteiger partial charge in [0.25, 0.3) is 0 Å². The molecule has 4 aliphatic carbocycles. The molecule has 4 aliphatic rings. The third kappa shape index (κ3) is 1.84. The third-order valence-corrected chi connectivity index (χ3v) is 8.04. The molecule has 0 aromatic rings. The average molecular weight is 290 g/mol. The Hall–Kier alpha value is -0.340. The number of hydrogen-bond acceptors (Lipinski definition) is 2. The van der Waals surface area contributed by atoms with Crippen LogP contribution in [-0.4, -0.2) is 22.4 Å². The van der Waals surface area contributed by atoms with E-state index in [2.05, 4.69) is 19.9 Å². The standard InChI is InChI=1S/C19H30O2/c1-18-9-7-13(20)11-12(18)3-4-14-15-5-6-17(21)19(15,2)10-8-16(14)18/h11,13-17,20-21H,3-10H2,1-2H3/t13?,14?,15-,16-,17?,18-,19-/m0/s1. The van der Waals surface area contributed by atoms with E-state index in [0.717, 1.165) is 37.0 Å². The zero-order chi connectivity index (χ0) is 14.8. The Kier molecular flexibility index (Phi) is 3.11. The molecule has 3 unspecified atom stereocenters. The van der Waals surface area contributed by atoms with Gasteiger partial charge in [0.05, 0.1) is 12.2 Å². The van der Waals surface area contributed by atoms with Crippen LogP contribution in [0.5, 0.6) is 0 Å². The Morgan fingerprint density at radius 2 is 1.76 bits per heavy atom. The summed E-state index contributed by atoms with van der Waals surface area (Å²) in [6.07, 6.45) is 11.2. The third-order valence-electron chi connectivity index (χ3n) is 8.04. The normalized spacial score (nSPS) is 56.2. The van der Waals surface area contributed by atoms with E-state index in [1.54, 1.807) is 5.57 Å². The highest BCUT2D eigenvalue weighted by Crippen LogP contribution is 2.65. The van der Waals surface area contributed by atoms with Gasteiger partial charge in [0, 0.05) is 0 Å². The minimum absolute atomic E-state index is 0.0682. The van der Waals surface area contributed by atoms with E-state index in [1.807, 2.05) is 0 Å². The van der Waals surface area contributed by atoms with Crippen molar-refractivity contribution in [2.45, 2.75) is 77.4 Å². The van der Waals surface area contributed by atoms with Gasteiger partial charge in [0.1, 0.15) is 0 Å². The molecule has 4 rings (SSSR count). The van der Waals surface area contributed by atoms with Crippen molar-refractivity contribution in [1.82, 2.24) is 0 Å². The highest BCUT2D eigenvalue weighted by atomic mass is 16.3. The van der Waals surface area contributed by atoms with Gasteiger partial charge in [-0.1, -0.05) is 25.5 Å². The lowest BCUT2D eigenvalue weighted by molar-refractivity contribution is -0.0761. The van der Waals surface area contributed by atoms with E-state index in [1.165, 1.54) is 32.1 Å². The average Bonchev–Trinajstić information content (AvgIpc) is 2.76. The summed E-state index contributed by atoms with van der Waals surface area (Å²) in [7, 11) is 0. The van der Waals surface area contributed by atoms with Crippen molar-refractivity contribution >= 4 is 0 Å². The van der Waals surface area contributed by atoms with Crippen LogP contribution in [0.2, 0.25) is 0 Å². The van der Waals surface area contributed by atoms with Crippen molar-refractivity contribution in [2.24, 2.45) is 28.6 Å². The van der Waals surface area contributed by atoms with Crippen molar-refractivity contribution in [3.05, 3.63) is 11.6 Å². The summed E-state index contributed by atoms with van der Waals surface area (Å²) in [4.78, 5) is 0. The molecular weight excluding hydrogens is 260 g/mol. The molecule has 0 spiro atoms. The molecule has 2 heteroatoms. The largest absolute Gasteiger partial charge is 0.393 e. The second-order valence-electron chi connectivity index (χ2n) is 8.77. The van der Waals surface area contributed by atoms with E-state index in [4.69, 9.17) is 0 Å². The van der Waals surface area contributed by atoms with Crippen molar-refractivity contribution < 1.29 is 10.2 Å². The number of hydrogen-bond donors (Lipinski definition) is 2. The first-order chi connectivity index (χ1) is 9.95. The van der Waals surface area contributed by atoms with Gasteiger partial charge >= 0.3 is 0 Å². The Labute approximate surface area is 128 Å². The summed E-state index contributed by atoms with van der Waals surface area (Å²) in [5, 5.41) is 20.4. The highest BCUT2D eigenvalue weighted by Gasteiger charge is 2.58. The molecule has 0 saturated heterocycles. The predicted octanol–water partition coefficient (Wildman–Crippen LogP) is 3.67. The molecule has 0 radical (unpaired) electrons. The Morgan fingerprint density at radius 1 is 0.952 bits per heavy atom. The molecule has 2 nitrogen and oxygen atoms in total. The van der Waals surface area contributed by atoms with Gasteiger partial charge in [0.2, 0.25) is 0 Å². The Balaban J connectivity index is 1.67. The number of aliphatic hydroxyl groups excluding tert-OH is 2. The fourth-order valence-electron chi connectivity index (χ4n) is 6.68. The summed E-state index contributed by atoms with van der Waals surface area (Å²) in [6.45, 7) is 4.82. The summed E-state index contributed by atoms with van der Waals surface area (Å²) in [6, 6.07) is 0. The van der Waals surface area contributed by atoms with Crippen LogP contribution < -0.4 is 0 Å². The topological polar surface area (TPSA) is 40.5 Å². The van der Waals surface area contributed by atoms with Crippen molar-refractivity contribution in [3.63, 3.8) is 0 Å². The van der Waals surface area contributed by atoms with Gasteiger partial charge < -0.3 is 10.2 Å². The summed E-state index contributed by atoms with van der Waals surface area (Å²) < 4.78 is 0. The maximum atomic E-state index is 10.5. The number of aliphatic hydroxyl groups is 2. The molecule has 7 atom stereocenters. The molecule has 3 fully saturated rings. The van der Waals surface area contributed by atoms with Crippen molar-refractivity contribution in [2.75, 3.05) is 0 Å². The van der Waals surface area contributed by atoms with E-state index >= 15 is 0 Å². The first-order valence-electron chi connectivity index (χ1n) is 9.02. The molecule has 0 aliphatic heterocycles. The molecule has 0 aromatic carbocycles. The summed E-state index contributed by atoms with van der Waals surface area (Å²) >= 11 is 0. The van der Waals surface area contributed by atoms with Gasteiger partial charge in [0.15, 0.2) is 0 Å². The van der Waals surface area contributed by atoms with Gasteiger partial charge in [-0.05, 0) is 80.0 Å². The second kappa shape index (κ2) is 4.58. The quantitative estimate of drug-likeness (QED) is 0.668. The van der Waals surface area contributed by atoms with Crippen LogP contribution in [0, 0.1) is 28.6 Å². The molecule has 118 valence electrons. The monoisotopic (exact) mass is 290 g/mol. The SMILES string of the molecule is C[C@]12CCC(O)C=C1CCC1[C@@H]2CC[C@]2(C)C(O)CC[C@@H]12. The minimum Gasteiger partial charge on any atom is -0.393 e. The van der Waals surface area contributed by atoms with Crippen LogP contribution >= 0.6 is 0 Å². The lowest BCUT2D eigenvalue weighted by atomic mass is 9.47. The fourth-order valence-corrected chi connectivity index (χ4v) is 6.68. The Bertz CT molecular complexity index is 470. The van der Waals surface area contributed by atoms with Crippen LogP contribution in [0.15, 0.2) is 11.6 Å². The zero-order valence-corrected chi connectivity index (χ0v) is 13.5. The molecule has 0 bridgehead atoms. The van der Waals surface area contributed by atoms with E-state index in [0.29, 0.717) is 5.41 Å². The van der Waals surface area contributed by atoms with Gasteiger partial charge in [-0.25, -0.2) is 0 Å². The van der Waals surface area contributed by atoms with E-state index in [9.17, 15) is 10.2 Å². The summed E-state index contributed by atoms with van der Waals surface area (Å²) in [5.41, 5.74) is 2.06. The zero-order valence-electron chi connectivity index (χ0n) is 13.5. The lowest BCUT2D eigenvalue weighted by Crippen LogP contribution is -2.51. The van der Waals surface area contributed by atoms with Crippen molar-refractivity contribution in [1.29, 1.82) is 0 Å². The maximum absolute atomic E-state index is 10.5. The molecular formula is C19H30O2. The van der Waals surface area contributed by atoms with Gasteiger partial charge in [-0.15, -0.1) is 0 Å². The summed E-state index contributed by atoms with van der Waals surface area (Å²) in [5.74, 6) is 2.32. The highest BCUT2D eigenvalue weighted by molar-refractivity contribution is 5.25. The Morgan fingerprint density at radius 3 is 2.57 bits per heavy atom. The van der Waals surface area contributed by atoms with Crippen LogP contribution in [0.1, 0.15) is 65.2 Å². The minimum atomic E-state index is -0.202. The van der Waals surface area contributed by atoms with Crippen LogP contribution in [0.25, 0.3) is 0 Å². The number of allylic oxidation sites excluding steroid dienone is 1. The van der Waals surface area contributed by atoms with Crippen LogP contribution in [0.3, 0.4) is 0 Å². The number of fused-ring (bicyclic) bond motifs is 5. The second-order valence-corrected chi connectivity index (χ2v) is 8.77. The van der Waals surface area contributed by atoms with Crippen LogP contribution in [-0.2, 0) is 0 Å². The van der Waals surface area contributed by atoms with Crippen LogP contribution in [0.4, 0.5) is 0 Å². The maximum Gasteiger partial charge on any atom is 0.0724 e. The first-order valence-corrected chi connectivity index (χ1v) is 9.02. The first kappa shape index (κ1) is 14.3. The smallest absolute Gasteiger partial charge is 0.0724 e.